The van der Waals surface area contributed by atoms with Gasteiger partial charge in [-0.15, -0.1) is 0 Å². The molecule has 0 aliphatic heterocycles. The molecule has 1 heterocycles. The SMILES string of the molecule is C(=Cc1ccc2c3c1ccc1cccc(c13)n2-c1ccccc1)c1ccc2cc(N(c3ccccc3)c3ccccc3)ccc2c1. The fourth-order valence-corrected chi connectivity index (χ4v) is 6.99. The zero-order valence-electron chi connectivity index (χ0n) is 25.2. The fourth-order valence-electron chi connectivity index (χ4n) is 6.99. The Morgan fingerprint density at radius 3 is 1.83 bits per heavy atom. The number of para-hydroxylation sites is 3. The van der Waals surface area contributed by atoms with Crippen molar-refractivity contribution in [1.82, 2.24) is 4.57 Å². The molecule has 0 saturated heterocycles. The van der Waals surface area contributed by atoms with Crippen molar-refractivity contribution in [3.05, 3.63) is 181 Å². The quantitative estimate of drug-likeness (QED) is 0.139. The molecule has 0 N–H and O–H groups in total. The Morgan fingerprint density at radius 1 is 0.413 bits per heavy atom. The molecule has 9 aromatic rings. The minimum Gasteiger partial charge on any atom is -0.310 e. The molecule has 1 aromatic heterocycles. The third-order valence-electron chi connectivity index (χ3n) is 9.10. The number of hydrogen-bond acceptors (Lipinski definition) is 1. The summed E-state index contributed by atoms with van der Waals surface area (Å²) in [7, 11) is 0. The van der Waals surface area contributed by atoms with E-state index in [4.69, 9.17) is 0 Å². The van der Waals surface area contributed by atoms with E-state index >= 15 is 0 Å². The standard InChI is InChI=1S/C44H30N2/c1-4-12-36(13-5-1)45(37-14-6-2-7-15-37)39-26-23-34-29-31(20-22-35(34)30-39)19-21-32-25-28-42-44-40(32)27-24-33-11-10-18-41(43(33)44)46(42)38-16-8-3-9-17-38/h1-30H. The topological polar surface area (TPSA) is 8.17 Å². The fraction of sp³-hybridized carbons (Fsp3) is 0. The molecule has 0 aliphatic rings. The summed E-state index contributed by atoms with van der Waals surface area (Å²) in [5, 5.41) is 7.64. The van der Waals surface area contributed by atoms with Gasteiger partial charge in [0.1, 0.15) is 0 Å². The highest BCUT2D eigenvalue weighted by molar-refractivity contribution is 6.25. The van der Waals surface area contributed by atoms with E-state index in [9.17, 15) is 0 Å². The van der Waals surface area contributed by atoms with E-state index in [1.165, 1.54) is 60.2 Å². The van der Waals surface area contributed by atoms with Gasteiger partial charge < -0.3 is 9.47 Å². The summed E-state index contributed by atoms with van der Waals surface area (Å²) in [5.41, 5.74) is 9.50. The maximum atomic E-state index is 2.40. The van der Waals surface area contributed by atoms with Gasteiger partial charge in [0.2, 0.25) is 0 Å². The Hall–Kier alpha value is -6.12. The van der Waals surface area contributed by atoms with Gasteiger partial charge in [0.15, 0.2) is 0 Å². The van der Waals surface area contributed by atoms with Crippen molar-refractivity contribution in [2.75, 3.05) is 4.90 Å². The summed E-state index contributed by atoms with van der Waals surface area (Å²) in [4.78, 5) is 2.31. The predicted molar refractivity (Wildman–Crippen MR) is 197 cm³/mol. The first-order chi connectivity index (χ1) is 22.8. The Morgan fingerprint density at radius 2 is 1.07 bits per heavy atom. The second kappa shape index (κ2) is 10.8. The van der Waals surface area contributed by atoms with E-state index in [1.54, 1.807) is 0 Å². The van der Waals surface area contributed by atoms with Gasteiger partial charge in [0.05, 0.1) is 11.0 Å². The van der Waals surface area contributed by atoms with Crippen LogP contribution in [0.25, 0.3) is 61.2 Å². The molecule has 9 rings (SSSR count). The number of aromatic nitrogens is 1. The van der Waals surface area contributed by atoms with Gasteiger partial charge in [-0.1, -0.05) is 115 Å². The molecule has 0 radical (unpaired) electrons. The second-order valence-corrected chi connectivity index (χ2v) is 11.8. The average Bonchev–Trinajstić information content (AvgIpc) is 3.47. The average molecular weight is 587 g/mol. The third kappa shape index (κ3) is 4.35. The van der Waals surface area contributed by atoms with Crippen LogP contribution in [0.1, 0.15) is 11.1 Å². The van der Waals surface area contributed by atoms with E-state index in [2.05, 4.69) is 191 Å². The van der Waals surface area contributed by atoms with Crippen LogP contribution in [0, 0.1) is 0 Å². The molecular weight excluding hydrogens is 556 g/mol. The molecule has 0 bridgehead atoms. The van der Waals surface area contributed by atoms with Gasteiger partial charge in [0, 0.05) is 33.5 Å². The summed E-state index contributed by atoms with van der Waals surface area (Å²) in [6.45, 7) is 0. The van der Waals surface area contributed by atoms with Crippen molar-refractivity contribution in [1.29, 1.82) is 0 Å². The normalized spacial score (nSPS) is 11.8. The molecule has 0 fully saturated rings. The van der Waals surface area contributed by atoms with Gasteiger partial charge in [-0.05, 0) is 99.4 Å². The Labute approximate surface area is 268 Å². The summed E-state index contributed by atoms with van der Waals surface area (Å²) in [6, 6.07) is 61.0. The van der Waals surface area contributed by atoms with Crippen LogP contribution >= 0.6 is 0 Å². The lowest BCUT2D eigenvalue weighted by molar-refractivity contribution is 1.18. The van der Waals surface area contributed by atoms with Gasteiger partial charge >= 0.3 is 0 Å². The van der Waals surface area contributed by atoms with Crippen LogP contribution in [0.5, 0.6) is 0 Å². The van der Waals surface area contributed by atoms with Gasteiger partial charge in [-0.25, -0.2) is 0 Å². The predicted octanol–water partition coefficient (Wildman–Crippen LogP) is 12.2. The Balaban J connectivity index is 1.10. The molecule has 46 heavy (non-hydrogen) atoms. The lowest BCUT2D eigenvalue weighted by Crippen LogP contribution is -2.09. The molecule has 0 saturated carbocycles. The van der Waals surface area contributed by atoms with Crippen molar-refractivity contribution in [3.63, 3.8) is 0 Å². The lowest BCUT2D eigenvalue weighted by Gasteiger charge is -2.25. The maximum Gasteiger partial charge on any atom is 0.0547 e. The monoisotopic (exact) mass is 586 g/mol. The number of fused-ring (bicyclic) bond motifs is 1. The number of nitrogens with zero attached hydrogens (tertiary/aromatic N) is 2. The first kappa shape index (κ1) is 26.3. The van der Waals surface area contributed by atoms with Crippen molar-refractivity contribution in [2.24, 2.45) is 0 Å². The largest absolute Gasteiger partial charge is 0.310 e. The van der Waals surface area contributed by atoms with Crippen LogP contribution in [-0.2, 0) is 0 Å². The van der Waals surface area contributed by atoms with E-state index < -0.39 is 0 Å². The highest BCUT2D eigenvalue weighted by atomic mass is 15.1. The van der Waals surface area contributed by atoms with Crippen LogP contribution in [0.4, 0.5) is 17.1 Å². The number of benzene rings is 8. The number of anilines is 3. The molecule has 2 nitrogen and oxygen atoms in total. The van der Waals surface area contributed by atoms with Crippen LogP contribution in [0.15, 0.2) is 170 Å². The minimum atomic E-state index is 1.14. The zero-order valence-corrected chi connectivity index (χ0v) is 25.2. The highest BCUT2D eigenvalue weighted by Crippen LogP contribution is 2.41. The van der Waals surface area contributed by atoms with Crippen molar-refractivity contribution in [2.45, 2.75) is 0 Å². The first-order valence-corrected chi connectivity index (χ1v) is 15.8. The van der Waals surface area contributed by atoms with Crippen LogP contribution in [0.3, 0.4) is 0 Å². The zero-order chi connectivity index (χ0) is 30.5. The van der Waals surface area contributed by atoms with E-state index in [0.29, 0.717) is 0 Å². The van der Waals surface area contributed by atoms with Crippen molar-refractivity contribution >= 4 is 72.6 Å². The van der Waals surface area contributed by atoms with E-state index in [-0.39, 0.29) is 0 Å². The van der Waals surface area contributed by atoms with Crippen LogP contribution < -0.4 is 4.90 Å². The smallest absolute Gasteiger partial charge is 0.0547 e. The summed E-state index contributed by atoms with van der Waals surface area (Å²) in [5.74, 6) is 0. The van der Waals surface area contributed by atoms with Crippen LogP contribution in [-0.4, -0.2) is 4.57 Å². The van der Waals surface area contributed by atoms with Gasteiger partial charge in [0.25, 0.3) is 0 Å². The molecular formula is C44H30N2. The third-order valence-corrected chi connectivity index (χ3v) is 9.10. The highest BCUT2D eigenvalue weighted by Gasteiger charge is 2.17. The number of hydrogen-bond donors (Lipinski definition) is 0. The molecule has 0 unspecified atom stereocenters. The molecule has 216 valence electrons. The Kier molecular flexibility index (Phi) is 6.17. The molecule has 0 spiro atoms. The molecule has 8 aromatic carbocycles. The molecule has 2 heteroatoms. The van der Waals surface area contributed by atoms with E-state index in [1.807, 2.05) is 0 Å². The van der Waals surface area contributed by atoms with Crippen molar-refractivity contribution < 1.29 is 0 Å². The first-order valence-electron chi connectivity index (χ1n) is 15.8. The van der Waals surface area contributed by atoms with Gasteiger partial charge in [-0.3, -0.25) is 0 Å². The minimum absolute atomic E-state index is 1.14. The molecule has 0 aliphatic carbocycles. The Bertz CT molecular complexity index is 2470. The molecule has 0 amide bonds. The summed E-state index contributed by atoms with van der Waals surface area (Å²) >= 11 is 0. The molecule has 0 atom stereocenters. The number of rotatable bonds is 6. The van der Waals surface area contributed by atoms with E-state index in [0.717, 1.165) is 17.1 Å². The van der Waals surface area contributed by atoms with Gasteiger partial charge in [-0.2, -0.15) is 0 Å². The van der Waals surface area contributed by atoms with Crippen molar-refractivity contribution in [3.8, 4) is 5.69 Å². The lowest BCUT2D eigenvalue weighted by atomic mass is 9.97. The maximum absolute atomic E-state index is 2.40. The summed E-state index contributed by atoms with van der Waals surface area (Å²) in [6.07, 6.45) is 4.51. The second-order valence-electron chi connectivity index (χ2n) is 11.8. The van der Waals surface area contributed by atoms with Crippen LogP contribution in [0.2, 0.25) is 0 Å². The summed E-state index contributed by atoms with van der Waals surface area (Å²) < 4.78 is 2.40.